The molecule has 1 aliphatic carbocycles. The lowest BCUT2D eigenvalue weighted by atomic mass is 10.0. The molecule has 3 heterocycles. The fraction of sp³-hybridized carbons (Fsp3) is 0.389. The number of anilines is 1. The van der Waals surface area contributed by atoms with E-state index in [2.05, 4.69) is 15.6 Å². The van der Waals surface area contributed by atoms with Crippen molar-refractivity contribution in [1.82, 2.24) is 10.3 Å². The highest BCUT2D eigenvalue weighted by atomic mass is 32.1. The number of Topliss-reactive ketones (excluding diaryl/α,β-unsaturated/α-hetero) is 1. The first-order valence-electron chi connectivity index (χ1n) is 8.52. The number of aromatic nitrogens is 1. The molecule has 0 atom stereocenters. The fourth-order valence-corrected chi connectivity index (χ4v) is 4.30. The van der Waals surface area contributed by atoms with Crippen LogP contribution < -0.4 is 10.6 Å². The zero-order valence-electron chi connectivity index (χ0n) is 13.7. The van der Waals surface area contributed by atoms with Crippen molar-refractivity contribution in [2.45, 2.75) is 25.7 Å². The van der Waals surface area contributed by atoms with Gasteiger partial charge in [-0.25, -0.2) is 4.98 Å². The molecule has 0 saturated heterocycles. The van der Waals surface area contributed by atoms with Crippen LogP contribution in [-0.4, -0.2) is 29.8 Å². The lowest BCUT2D eigenvalue weighted by molar-refractivity contribution is -0.112. The maximum Gasteiger partial charge on any atom is 0.254 e. The third-order valence-corrected chi connectivity index (χ3v) is 5.64. The zero-order chi connectivity index (χ0) is 17.2. The van der Waals surface area contributed by atoms with Crippen molar-refractivity contribution in [1.29, 1.82) is 0 Å². The van der Waals surface area contributed by atoms with E-state index >= 15 is 0 Å². The van der Waals surface area contributed by atoms with Crippen LogP contribution in [0, 0.1) is 5.92 Å². The number of ketones is 1. The predicted molar refractivity (Wildman–Crippen MR) is 95.7 cm³/mol. The minimum absolute atomic E-state index is 0.0551. The average molecular weight is 357 g/mol. The SMILES string of the molecule is O=C(Nc1nc(-c2ccco2)c(C(=O)C2CCCC2)s1)C1=CCNC1. The number of nitrogens with one attached hydrogen (secondary N) is 2. The number of amides is 1. The summed E-state index contributed by atoms with van der Waals surface area (Å²) >= 11 is 1.24. The smallest absolute Gasteiger partial charge is 0.254 e. The van der Waals surface area contributed by atoms with Gasteiger partial charge in [-0.2, -0.15) is 0 Å². The fourth-order valence-electron chi connectivity index (χ4n) is 3.32. The third-order valence-electron chi connectivity index (χ3n) is 4.65. The molecule has 6 nitrogen and oxygen atoms in total. The van der Waals surface area contributed by atoms with Gasteiger partial charge in [-0.05, 0) is 25.0 Å². The number of furan rings is 1. The highest BCUT2D eigenvalue weighted by molar-refractivity contribution is 7.18. The van der Waals surface area contributed by atoms with Gasteiger partial charge in [0.2, 0.25) is 0 Å². The minimum atomic E-state index is -0.176. The van der Waals surface area contributed by atoms with Gasteiger partial charge in [0.1, 0.15) is 10.6 Å². The Bertz CT molecular complexity index is 817. The van der Waals surface area contributed by atoms with Crippen molar-refractivity contribution < 1.29 is 14.0 Å². The van der Waals surface area contributed by atoms with E-state index in [1.165, 1.54) is 11.3 Å². The Balaban J connectivity index is 1.63. The molecule has 0 spiro atoms. The molecule has 1 saturated carbocycles. The van der Waals surface area contributed by atoms with E-state index < -0.39 is 0 Å². The third kappa shape index (κ3) is 3.29. The van der Waals surface area contributed by atoms with E-state index in [1.807, 2.05) is 6.08 Å². The Kier molecular flexibility index (Phi) is 4.50. The summed E-state index contributed by atoms with van der Waals surface area (Å²) in [6.07, 6.45) is 7.46. The minimum Gasteiger partial charge on any atom is -0.463 e. The summed E-state index contributed by atoms with van der Waals surface area (Å²) < 4.78 is 5.45. The van der Waals surface area contributed by atoms with Gasteiger partial charge in [0, 0.05) is 24.6 Å². The Morgan fingerprint density at radius 3 is 2.84 bits per heavy atom. The molecule has 2 N–H and O–H groups in total. The number of carbonyl (C=O) groups is 2. The van der Waals surface area contributed by atoms with Gasteiger partial charge in [-0.3, -0.25) is 14.9 Å². The van der Waals surface area contributed by atoms with Crippen LogP contribution in [-0.2, 0) is 4.79 Å². The number of hydrogen-bond acceptors (Lipinski definition) is 6. The van der Waals surface area contributed by atoms with Gasteiger partial charge >= 0.3 is 0 Å². The molecular weight excluding hydrogens is 338 g/mol. The zero-order valence-corrected chi connectivity index (χ0v) is 14.5. The summed E-state index contributed by atoms with van der Waals surface area (Å²) in [5.74, 6) is 0.549. The maximum atomic E-state index is 12.9. The lowest BCUT2D eigenvalue weighted by Crippen LogP contribution is -2.18. The first-order valence-corrected chi connectivity index (χ1v) is 9.34. The molecule has 1 amide bonds. The molecule has 1 fully saturated rings. The van der Waals surface area contributed by atoms with Gasteiger partial charge in [-0.1, -0.05) is 30.3 Å². The number of carbonyl (C=O) groups excluding carboxylic acids is 2. The van der Waals surface area contributed by atoms with Crippen LogP contribution in [0.15, 0.2) is 34.5 Å². The Morgan fingerprint density at radius 2 is 2.16 bits per heavy atom. The summed E-state index contributed by atoms with van der Waals surface area (Å²) in [5, 5.41) is 6.35. The Hall–Kier alpha value is -2.25. The Morgan fingerprint density at radius 1 is 1.32 bits per heavy atom. The highest BCUT2D eigenvalue weighted by Crippen LogP contribution is 2.37. The van der Waals surface area contributed by atoms with E-state index in [4.69, 9.17) is 4.42 Å². The molecular formula is C18H19N3O3S. The largest absolute Gasteiger partial charge is 0.463 e. The molecule has 0 unspecified atom stereocenters. The van der Waals surface area contributed by atoms with Crippen LogP contribution in [0.5, 0.6) is 0 Å². The van der Waals surface area contributed by atoms with Crippen LogP contribution in [0.1, 0.15) is 35.4 Å². The van der Waals surface area contributed by atoms with Crippen molar-refractivity contribution >= 4 is 28.2 Å². The summed E-state index contributed by atoms with van der Waals surface area (Å²) in [5.41, 5.74) is 1.22. The summed E-state index contributed by atoms with van der Waals surface area (Å²) in [7, 11) is 0. The van der Waals surface area contributed by atoms with E-state index in [9.17, 15) is 9.59 Å². The van der Waals surface area contributed by atoms with Crippen molar-refractivity contribution in [2.75, 3.05) is 18.4 Å². The van der Waals surface area contributed by atoms with Crippen LogP contribution in [0.25, 0.3) is 11.5 Å². The summed E-state index contributed by atoms with van der Waals surface area (Å²) in [4.78, 5) is 30.3. The standard InChI is InChI=1S/C18H19N3O3S/c22-15(11-4-1-2-5-11)16-14(13-6-3-9-24-13)20-18(25-16)21-17(23)12-7-8-19-10-12/h3,6-7,9,11,19H,1-2,4-5,8,10H2,(H,20,21,23). The van der Waals surface area contributed by atoms with E-state index in [-0.39, 0.29) is 17.6 Å². The molecule has 0 radical (unpaired) electrons. The lowest BCUT2D eigenvalue weighted by Gasteiger charge is -2.06. The molecule has 25 heavy (non-hydrogen) atoms. The number of thiazole rings is 1. The van der Waals surface area contributed by atoms with Crippen molar-refractivity contribution in [3.8, 4) is 11.5 Å². The molecule has 1 aliphatic heterocycles. The predicted octanol–water partition coefficient (Wildman–Crippen LogP) is 3.24. The second-order valence-electron chi connectivity index (χ2n) is 6.33. The second-order valence-corrected chi connectivity index (χ2v) is 7.33. The molecule has 2 aliphatic rings. The first-order chi connectivity index (χ1) is 12.2. The van der Waals surface area contributed by atoms with E-state index in [0.29, 0.717) is 40.1 Å². The molecule has 2 aromatic rings. The van der Waals surface area contributed by atoms with Crippen LogP contribution in [0.3, 0.4) is 0 Å². The Labute approximate surface area is 149 Å². The van der Waals surface area contributed by atoms with Crippen molar-refractivity contribution in [2.24, 2.45) is 5.92 Å². The number of rotatable bonds is 5. The molecule has 7 heteroatoms. The second kappa shape index (κ2) is 6.93. The number of hydrogen-bond donors (Lipinski definition) is 2. The van der Waals surface area contributed by atoms with E-state index in [0.717, 1.165) is 25.7 Å². The molecule has 130 valence electrons. The number of nitrogens with zero attached hydrogens (tertiary/aromatic N) is 1. The van der Waals surface area contributed by atoms with Crippen LogP contribution in [0.4, 0.5) is 5.13 Å². The van der Waals surface area contributed by atoms with Gasteiger partial charge < -0.3 is 9.73 Å². The quantitative estimate of drug-likeness (QED) is 0.803. The van der Waals surface area contributed by atoms with Crippen LogP contribution in [0.2, 0.25) is 0 Å². The topological polar surface area (TPSA) is 84.2 Å². The van der Waals surface area contributed by atoms with Crippen molar-refractivity contribution in [3.63, 3.8) is 0 Å². The normalized spacial score (nSPS) is 17.7. The molecule has 0 bridgehead atoms. The van der Waals surface area contributed by atoms with Gasteiger partial charge in [0.05, 0.1) is 6.26 Å². The molecule has 2 aromatic heterocycles. The van der Waals surface area contributed by atoms with Crippen molar-refractivity contribution in [3.05, 3.63) is 34.9 Å². The van der Waals surface area contributed by atoms with Gasteiger partial charge in [-0.15, -0.1) is 0 Å². The summed E-state index contributed by atoms with van der Waals surface area (Å²) in [6.45, 7) is 1.25. The molecule has 4 rings (SSSR count). The van der Waals surface area contributed by atoms with E-state index in [1.54, 1.807) is 18.4 Å². The average Bonchev–Trinajstić information content (AvgIpc) is 3.42. The monoisotopic (exact) mass is 357 g/mol. The van der Waals surface area contributed by atoms with Crippen LogP contribution >= 0.6 is 11.3 Å². The molecule has 0 aromatic carbocycles. The highest BCUT2D eigenvalue weighted by Gasteiger charge is 2.30. The van der Waals surface area contributed by atoms with Gasteiger partial charge in [0.25, 0.3) is 5.91 Å². The first kappa shape index (κ1) is 16.2. The maximum absolute atomic E-state index is 12.9. The van der Waals surface area contributed by atoms with Gasteiger partial charge in [0.15, 0.2) is 16.7 Å². The summed E-state index contributed by atoms with van der Waals surface area (Å²) in [6, 6.07) is 3.56.